The van der Waals surface area contributed by atoms with Crippen LogP contribution in [0.2, 0.25) is 0 Å². The second-order valence-electron chi connectivity index (χ2n) is 11.0. The zero-order valence-corrected chi connectivity index (χ0v) is 23.8. The third kappa shape index (κ3) is 6.55. The van der Waals surface area contributed by atoms with Crippen LogP contribution in [0, 0.1) is 12.3 Å². The van der Waals surface area contributed by atoms with Crippen molar-refractivity contribution in [1.82, 2.24) is 34.6 Å². The Morgan fingerprint density at radius 2 is 1.87 bits per heavy atom. The molecule has 0 aliphatic carbocycles. The summed E-state index contributed by atoms with van der Waals surface area (Å²) in [5.41, 5.74) is 3.50. The number of fused-ring (bicyclic) bond motifs is 1. The molecule has 0 fully saturated rings. The number of aromatic nitrogens is 6. The molecule has 0 amide bonds. The van der Waals surface area contributed by atoms with E-state index < -0.39 is 0 Å². The van der Waals surface area contributed by atoms with Crippen LogP contribution in [0.5, 0.6) is 5.75 Å². The second kappa shape index (κ2) is 11.3. The van der Waals surface area contributed by atoms with Gasteiger partial charge in [-0.05, 0) is 57.6 Å². The number of hydrogen-bond acceptors (Lipinski definition) is 9. The summed E-state index contributed by atoms with van der Waals surface area (Å²) in [7, 11) is 6.10. The van der Waals surface area contributed by atoms with E-state index in [1.54, 1.807) is 0 Å². The number of benzene rings is 1. The number of pyridine rings is 1. The summed E-state index contributed by atoms with van der Waals surface area (Å²) in [5, 5.41) is 16.6. The summed E-state index contributed by atoms with van der Waals surface area (Å²) < 4.78 is 8.03. The predicted octanol–water partition coefficient (Wildman–Crippen LogP) is 4.83. The summed E-state index contributed by atoms with van der Waals surface area (Å²) in [6.07, 6.45) is 2.65. The standard InChI is InChI=1S/C28H39N9O/c1-9-38-22-15-19(26-35-34-23(37(26)8)12-13-36(6)7)10-11-21(22)32-27-29-16-20-14-18(2)31-25(24(20)33-27)30-17-28(3,4)5/h10-11,14-16H,9,12-13,17H2,1-8H3,(H,30,31)(H,29,32,33). The van der Waals surface area contributed by atoms with Crippen molar-refractivity contribution in [2.75, 3.05) is 44.4 Å². The van der Waals surface area contributed by atoms with Crippen LogP contribution in [0.4, 0.5) is 17.5 Å². The van der Waals surface area contributed by atoms with Crippen LogP contribution < -0.4 is 15.4 Å². The van der Waals surface area contributed by atoms with E-state index in [2.05, 4.69) is 65.6 Å². The third-order valence-corrected chi connectivity index (χ3v) is 6.01. The van der Waals surface area contributed by atoms with Crippen molar-refractivity contribution in [2.24, 2.45) is 12.5 Å². The van der Waals surface area contributed by atoms with Gasteiger partial charge in [-0.2, -0.15) is 0 Å². The molecule has 202 valence electrons. The zero-order valence-electron chi connectivity index (χ0n) is 23.8. The van der Waals surface area contributed by atoms with Crippen molar-refractivity contribution >= 4 is 28.4 Å². The van der Waals surface area contributed by atoms with Crippen LogP contribution >= 0.6 is 0 Å². The molecule has 0 spiro atoms. The molecule has 10 nitrogen and oxygen atoms in total. The maximum atomic E-state index is 5.99. The van der Waals surface area contributed by atoms with Crippen molar-refractivity contribution in [3.63, 3.8) is 0 Å². The average Bonchev–Trinajstić information content (AvgIpc) is 3.22. The van der Waals surface area contributed by atoms with E-state index in [0.717, 1.165) is 64.8 Å². The Morgan fingerprint density at radius 3 is 2.58 bits per heavy atom. The highest BCUT2D eigenvalue weighted by Crippen LogP contribution is 2.33. The third-order valence-electron chi connectivity index (χ3n) is 6.01. The highest BCUT2D eigenvalue weighted by Gasteiger charge is 2.16. The van der Waals surface area contributed by atoms with Crippen molar-refractivity contribution in [2.45, 2.75) is 41.0 Å². The fraction of sp³-hybridized carbons (Fsp3) is 0.464. The Kier molecular flexibility index (Phi) is 8.11. The lowest BCUT2D eigenvalue weighted by atomic mass is 9.97. The molecule has 0 atom stereocenters. The van der Waals surface area contributed by atoms with Gasteiger partial charge in [0.05, 0.1) is 12.3 Å². The molecule has 0 radical (unpaired) electrons. The predicted molar refractivity (Wildman–Crippen MR) is 153 cm³/mol. The lowest BCUT2D eigenvalue weighted by Crippen LogP contribution is -2.20. The Hall–Kier alpha value is -3.79. The van der Waals surface area contributed by atoms with E-state index in [9.17, 15) is 0 Å². The zero-order chi connectivity index (χ0) is 27.4. The molecular formula is C28H39N9O. The van der Waals surface area contributed by atoms with E-state index in [0.29, 0.717) is 18.3 Å². The quantitative estimate of drug-likeness (QED) is 0.306. The minimum atomic E-state index is 0.107. The van der Waals surface area contributed by atoms with Crippen molar-refractivity contribution < 1.29 is 4.74 Å². The molecule has 4 aromatic rings. The summed E-state index contributed by atoms with van der Waals surface area (Å²) in [5.74, 6) is 3.66. The largest absolute Gasteiger partial charge is 0.492 e. The highest BCUT2D eigenvalue weighted by molar-refractivity contribution is 5.89. The molecule has 38 heavy (non-hydrogen) atoms. The average molecular weight is 518 g/mol. The maximum absolute atomic E-state index is 5.99. The number of rotatable bonds is 10. The molecule has 0 saturated carbocycles. The molecule has 1 aromatic carbocycles. The number of likely N-dealkylation sites (N-methyl/N-ethyl adjacent to an activating group) is 1. The van der Waals surface area contributed by atoms with Crippen LogP contribution in [0.1, 0.15) is 39.2 Å². The Labute approximate surface area is 224 Å². The first-order valence-electron chi connectivity index (χ1n) is 13.0. The van der Waals surface area contributed by atoms with Crippen LogP contribution in [0.15, 0.2) is 30.5 Å². The van der Waals surface area contributed by atoms with Gasteiger partial charge in [-0.3, -0.25) is 0 Å². The lowest BCUT2D eigenvalue weighted by Gasteiger charge is -2.20. The van der Waals surface area contributed by atoms with Crippen LogP contribution in [-0.2, 0) is 13.5 Å². The fourth-order valence-corrected chi connectivity index (χ4v) is 4.02. The number of hydrogen-bond donors (Lipinski definition) is 2. The number of nitrogens with zero attached hydrogens (tertiary/aromatic N) is 7. The smallest absolute Gasteiger partial charge is 0.227 e. The van der Waals surface area contributed by atoms with Gasteiger partial charge in [0.15, 0.2) is 11.6 Å². The number of nitrogens with one attached hydrogen (secondary N) is 2. The van der Waals surface area contributed by atoms with Gasteiger partial charge >= 0.3 is 0 Å². The molecule has 0 saturated heterocycles. The van der Waals surface area contributed by atoms with Crippen molar-refractivity contribution in [3.05, 3.63) is 42.0 Å². The number of ether oxygens (including phenoxy) is 1. The fourth-order valence-electron chi connectivity index (χ4n) is 4.02. The van der Waals surface area contributed by atoms with Gasteiger partial charge in [0, 0.05) is 49.4 Å². The molecule has 10 heteroatoms. The van der Waals surface area contributed by atoms with Gasteiger partial charge in [0.1, 0.15) is 17.1 Å². The highest BCUT2D eigenvalue weighted by atomic mass is 16.5. The Bertz CT molecular complexity index is 1410. The van der Waals surface area contributed by atoms with E-state index >= 15 is 0 Å². The summed E-state index contributed by atoms with van der Waals surface area (Å²) >= 11 is 0. The second-order valence-corrected chi connectivity index (χ2v) is 11.0. The molecule has 3 aromatic heterocycles. The van der Waals surface area contributed by atoms with Gasteiger partial charge in [0.25, 0.3) is 0 Å². The van der Waals surface area contributed by atoms with Crippen molar-refractivity contribution in [1.29, 1.82) is 0 Å². The number of anilines is 3. The van der Waals surface area contributed by atoms with E-state index in [1.807, 2.05) is 55.9 Å². The first-order chi connectivity index (χ1) is 18.0. The Balaban J connectivity index is 1.63. The molecule has 0 bridgehead atoms. The summed E-state index contributed by atoms with van der Waals surface area (Å²) in [6.45, 7) is 12.7. The maximum Gasteiger partial charge on any atom is 0.227 e. The summed E-state index contributed by atoms with van der Waals surface area (Å²) in [4.78, 5) is 16.2. The van der Waals surface area contributed by atoms with Crippen LogP contribution in [0.25, 0.3) is 22.3 Å². The molecule has 0 unspecified atom stereocenters. The van der Waals surface area contributed by atoms with Gasteiger partial charge < -0.3 is 24.8 Å². The molecule has 0 aliphatic rings. The van der Waals surface area contributed by atoms with Crippen molar-refractivity contribution in [3.8, 4) is 17.1 Å². The molecule has 4 rings (SSSR count). The molecule has 3 heterocycles. The van der Waals surface area contributed by atoms with Gasteiger partial charge in [0.2, 0.25) is 5.95 Å². The van der Waals surface area contributed by atoms with Crippen LogP contribution in [-0.4, -0.2) is 68.4 Å². The minimum Gasteiger partial charge on any atom is -0.492 e. The van der Waals surface area contributed by atoms with E-state index in [4.69, 9.17) is 14.7 Å². The minimum absolute atomic E-state index is 0.107. The topological polar surface area (TPSA) is 106 Å². The van der Waals surface area contributed by atoms with Gasteiger partial charge in [-0.25, -0.2) is 15.0 Å². The molecular weight excluding hydrogens is 478 g/mol. The SMILES string of the molecule is CCOc1cc(-c2nnc(CCN(C)C)n2C)ccc1Nc1ncc2cc(C)nc(NCC(C)(C)C)c2n1. The first-order valence-corrected chi connectivity index (χ1v) is 13.0. The van der Waals surface area contributed by atoms with Crippen LogP contribution in [0.3, 0.4) is 0 Å². The monoisotopic (exact) mass is 517 g/mol. The van der Waals surface area contributed by atoms with E-state index in [1.165, 1.54) is 0 Å². The molecule has 2 N–H and O–H groups in total. The van der Waals surface area contributed by atoms with Gasteiger partial charge in [-0.1, -0.05) is 20.8 Å². The Morgan fingerprint density at radius 1 is 1.08 bits per heavy atom. The summed E-state index contributed by atoms with van der Waals surface area (Å²) in [6, 6.07) is 7.95. The first kappa shape index (κ1) is 27.3. The lowest BCUT2D eigenvalue weighted by molar-refractivity contribution is 0.342. The molecule has 0 aliphatic heterocycles. The van der Waals surface area contributed by atoms with Gasteiger partial charge in [-0.15, -0.1) is 10.2 Å². The number of aryl methyl sites for hydroxylation is 1. The normalized spacial score (nSPS) is 11.8. The van der Waals surface area contributed by atoms with E-state index in [-0.39, 0.29) is 5.41 Å².